The van der Waals surface area contributed by atoms with Gasteiger partial charge in [0, 0.05) is 31.8 Å². The molecule has 9 nitrogen and oxygen atoms in total. The molecular formula is C13H17N3O6S. The van der Waals surface area contributed by atoms with Crippen LogP contribution in [0.15, 0.2) is 29.2 Å². The summed E-state index contributed by atoms with van der Waals surface area (Å²) in [7, 11) is -3.95. The van der Waals surface area contributed by atoms with Crippen LogP contribution in [0.2, 0.25) is 0 Å². The second-order valence-electron chi connectivity index (χ2n) is 4.84. The van der Waals surface area contributed by atoms with Crippen molar-refractivity contribution in [2.24, 2.45) is 0 Å². The van der Waals surface area contributed by atoms with Crippen molar-refractivity contribution in [1.29, 1.82) is 0 Å². The van der Waals surface area contributed by atoms with Gasteiger partial charge < -0.3 is 10.1 Å². The third-order valence-corrected chi connectivity index (χ3v) is 5.33. The number of rotatable bonds is 5. The van der Waals surface area contributed by atoms with Gasteiger partial charge in [-0.05, 0) is 19.1 Å². The fourth-order valence-corrected chi connectivity index (χ4v) is 3.87. The fourth-order valence-electron chi connectivity index (χ4n) is 2.29. The van der Waals surface area contributed by atoms with Crippen LogP contribution in [0.3, 0.4) is 0 Å². The molecule has 1 aliphatic heterocycles. The normalized spacial score (nSPS) is 19.3. The van der Waals surface area contributed by atoms with Crippen molar-refractivity contribution in [2.45, 2.75) is 17.9 Å². The highest BCUT2D eigenvalue weighted by atomic mass is 32.2. The van der Waals surface area contributed by atoms with E-state index in [0.29, 0.717) is 6.54 Å². The van der Waals surface area contributed by atoms with Crippen LogP contribution in [-0.2, 0) is 19.6 Å². The molecule has 1 aromatic rings. The lowest BCUT2D eigenvalue weighted by Gasteiger charge is -2.33. The van der Waals surface area contributed by atoms with E-state index < -0.39 is 27.0 Å². The summed E-state index contributed by atoms with van der Waals surface area (Å²) in [5.74, 6) is -0.620. The van der Waals surface area contributed by atoms with Crippen LogP contribution >= 0.6 is 0 Å². The second kappa shape index (κ2) is 7.02. The molecular weight excluding hydrogens is 326 g/mol. The SMILES string of the molecule is CCOC(=O)C1CNCCN1S(=O)(=O)c1ccc([N+](=O)[O-])cc1. The molecule has 1 aromatic carbocycles. The largest absolute Gasteiger partial charge is 0.465 e. The van der Waals surface area contributed by atoms with Crippen molar-refractivity contribution in [2.75, 3.05) is 26.2 Å². The molecule has 0 spiro atoms. The van der Waals surface area contributed by atoms with Crippen molar-refractivity contribution in [3.63, 3.8) is 0 Å². The smallest absolute Gasteiger partial charge is 0.325 e. The van der Waals surface area contributed by atoms with Gasteiger partial charge in [-0.2, -0.15) is 4.31 Å². The van der Waals surface area contributed by atoms with Crippen LogP contribution in [0, 0.1) is 10.1 Å². The van der Waals surface area contributed by atoms with Crippen LogP contribution < -0.4 is 5.32 Å². The highest BCUT2D eigenvalue weighted by Gasteiger charge is 2.38. The molecule has 1 fully saturated rings. The molecule has 126 valence electrons. The number of nitrogens with one attached hydrogen (secondary N) is 1. The molecule has 10 heteroatoms. The van der Waals surface area contributed by atoms with E-state index in [4.69, 9.17) is 4.74 Å². The van der Waals surface area contributed by atoms with Gasteiger partial charge in [-0.1, -0.05) is 0 Å². The predicted molar refractivity (Wildman–Crippen MR) is 80.3 cm³/mol. The van der Waals surface area contributed by atoms with Crippen LogP contribution in [0.4, 0.5) is 5.69 Å². The monoisotopic (exact) mass is 343 g/mol. The number of carbonyl (C=O) groups is 1. The molecule has 2 rings (SSSR count). The molecule has 23 heavy (non-hydrogen) atoms. The van der Waals surface area contributed by atoms with Gasteiger partial charge in [-0.3, -0.25) is 14.9 Å². The van der Waals surface area contributed by atoms with Crippen molar-refractivity contribution >= 4 is 21.7 Å². The summed E-state index contributed by atoms with van der Waals surface area (Å²) in [6.07, 6.45) is 0. The average Bonchev–Trinajstić information content (AvgIpc) is 2.55. The summed E-state index contributed by atoms with van der Waals surface area (Å²) in [5.41, 5.74) is -0.203. The van der Waals surface area contributed by atoms with Crippen LogP contribution in [-0.4, -0.2) is 55.9 Å². The van der Waals surface area contributed by atoms with E-state index in [1.54, 1.807) is 6.92 Å². The Labute approximate surface area is 133 Å². The number of hydrogen-bond acceptors (Lipinski definition) is 7. The van der Waals surface area contributed by atoms with E-state index in [2.05, 4.69) is 5.32 Å². The first kappa shape index (κ1) is 17.3. The number of sulfonamides is 1. The number of carbonyl (C=O) groups excluding carboxylic acids is 1. The van der Waals surface area contributed by atoms with Crippen LogP contribution in [0.25, 0.3) is 0 Å². The predicted octanol–water partition coefficient (Wildman–Crippen LogP) is 0.120. The van der Waals surface area contributed by atoms with Crippen molar-refractivity contribution in [3.8, 4) is 0 Å². The zero-order valence-electron chi connectivity index (χ0n) is 12.5. The minimum absolute atomic E-state index is 0.0979. The second-order valence-corrected chi connectivity index (χ2v) is 6.73. The molecule has 1 atom stereocenters. The first-order valence-corrected chi connectivity index (χ1v) is 8.45. The number of nitro groups is 1. The lowest BCUT2D eigenvalue weighted by molar-refractivity contribution is -0.384. The van der Waals surface area contributed by atoms with Gasteiger partial charge in [0.1, 0.15) is 6.04 Å². The third kappa shape index (κ3) is 3.66. The molecule has 0 bridgehead atoms. The van der Waals surface area contributed by atoms with E-state index in [1.165, 1.54) is 0 Å². The maximum absolute atomic E-state index is 12.7. The van der Waals surface area contributed by atoms with Gasteiger partial charge in [0.2, 0.25) is 10.0 Å². The van der Waals surface area contributed by atoms with Gasteiger partial charge in [0.15, 0.2) is 0 Å². The molecule has 0 saturated carbocycles. The maximum Gasteiger partial charge on any atom is 0.325 e. The maximum atomic E-state index is 12.7. The van der Waals surface area contributed by atoms with Gasteiger partial charge in [-0.15, -0.1) is 0 Å². The van der Waals surface area contributed by atoms with Crippen LogP contribution in [0.1, 0.15) is 6.92 Å². The van der Waals surface area contributed by atoms with Gasteiger partial charge >= 0.3 is 5.97 Å². The number of nitro benzene ring substituents is 1. The zero-order chi connectivity index (χ0) is 17.0. The van der Waals surface area contributed by atoms with E-state index in [0.717, 1.165) is 28.6 Å². The molecule has 1 saturated heterocycles. The number of hydrogen-bond donors (Lipinski definition) is 1. The average molecular weight is 343 g/mol. The lowest BCUT2D eigenvalue weighted by atomic mass is 10.2. The standard InChI is InChI=1S/C13H17N3O6S/c1-2-22-13(17)12-9-14-7-8-15(12)23(20,21)11-5-3-10(4-6-11)16(18)19/h3-6,12,14H,2,7-9H2,1H3. The van der Waals surface area contributed by atoms with E-state index >= 15 is 0 Å². The topological polar surface area (TPSA) is 119 Å². The minimum atomic E-state index is -3.95. The van der Waals surface area contributed by atoms with Gasteiger partial charge in [-0.25, -0.2) is 8.42 Å². The molecule has 1 unspecified atom stereocenters. The summed E-state index contributed by atoms with van der Waals surface area (Å²) >= 11 is 0. The Morgan fingerprint density at radius 3 is 2.65 bits per heavy atom. The Balaban J connectivity index is 2.31. The molecule has 0 aliphatic carbocycles. The fraction of sp³-hybridized carbons (Fsp3) is 0.462. The molecule has 0 amide bonds. The number of ether oxygens (including phenoxy) is 1. The number of esters is 1. The molecule has 0 radical (unpaired) electrons. The van der Waals surface area contributed by atoms with Crippen LogP contribution in [0.5, 0.6) is 0 Å². The minimum Gasteiger partial charge on any atom is -0.465 e. The summed E-state index contributed by atoms with van der Waals surface area (Å²) in [4.78, 5) is 21.9. The Kier molecular flexibility index (Phi) is 5.29. The van der Waals surface area contributed by atoms with Crippen molar-refractivity contribution in [1.82, 2.24) is 9.62 Å². The summed E-state index contributed by atoms with van der Waals surface area (Å²) in [6, 6.07) is 3.61. The number of piperazine rings is 1. The number of non-ortho nitro benzene ring substituents is 1. The first-order chi connectivity index (χ1) is 10.9. The van der Waals surface area contributed by atoms with Gasteiger partial charge in [0.25, 0.3) is 5.69 Å². The molecule has 1 N–H and O–H groups in total. The third-order valence-electron chi connectivity index (χ3n) is 3.41. The molecule has 1 heterocycles. The molecule has 1 aliphatic rings. The van der Waals surface area contributed by atoms with Crippen molar-refractivity contribution in [3.05, 3.63) is 34.4 Å². The van der Waals surface area contributed by atoms with Gasteiger partial charge in [0.05, 0.1) is 16.4 Å². The van der Waals surface area contributed by atoms with E-state index in [-0.39, 0.29) is 30.3 Å². The highest BCUT2D eigenvalue weighted by molar-refractivity contribution is 7.89. The summed E-state index contributed by atoms with van der Waals surface area (Å²) in [6.45, 7) is 2.47. The number of benzene rings is 1. The lowest BCUT2D eigenvalue weighted by Crippen LogP contribution is -2.57. The molecule has 0 aromatic heterocycles. The Morgan fingerprint density at radius 2 is 2.09 bits per heavy atom. The first-order valence-electron chi connectivity index (χ1n) is 7.01. The Bertz CT molecular complexity index is 688. The van der Waals surface area contributed by atoms with E-state index in [1.807, 2.05) is 0 Å². The van der Waals surface area contributed by atoms with E-state index in [9.17, 15) is 23.3 Å². The summed E-state index contributed by atoms with van der Waals surface area (Å²) < 4.78 is 31.4. The summed E-state index contributed by atoms with van der Waals surface area (Å²) in [5, 5.41) is 13.6. The number of nitrogens with zero attached hydrogens (tertiary/aromatic N) is 2. The Morgan fingerprint density at radius 1 is 1.43 bits per heavy atom. The highest BCUT2D eigenvalue weighted by Crippen LogP contribution is 2.22. The Hall–Kier alpha value is -2.04. The quantitative estimate of drug-likeness (QED) is 0.458. The zero-order valence-corrected chi connectivity index (χ0v) is 13.3. The van der Waals surface area contributed by atoms with Crippen molar-refractivity contribution < 1.29 is 22.9 Å².